The van der Waals surface area contributed by atoms with E-state index in [4.69, 9.17) is 32.5 Å². The van der Waals surface area contributed by atoms with Crippen molar-refractivity contribution in [2.45, 2.75) is 39.2 Å². The Labute approximate surface area is 189 Å². The number of rotatable bonds is 7. The van der Waals surface area contributed by atoms with Crippen molar-refractivity contribution in [2.24, 2.45) is 5.92 Å². The molecule has 1 aromatic rings. The Hall–Kier alpha value is -2.30. The monoisotopic (exact) mass is 471 g/mol. The van der Waals surface area contributed by atoms with Gasteiger partial charge < -0.3 is 24.8 Å². The molecular weight excluding hydrogens is 448 g/mol. The molecule has 0 radical (unpaired) electrons. The van der Waals surface area contributed by atoms with E-state index in [2.05, 4.69) is 10.6 Å². The maximum absolute atomic E-state index is 12.6. The molecule has 0 aromatic heterocycles. The van der Waals surface area contributed by atoms with E-state index in [0.717, 1.165) is 0 Å². The van der Waals surface area contributed by atoms with Gasteiger partial charge in [0.1, 0.15) is 12.6 Å². The van der Waals surface area contributed by atoms with Crippen LogP contribution in [0.25, 0.3) is 0 Å². The first kappa shape index (κ1) is 23.4. The van der Waals surface area contributed by atoms with Crippen molar-refractivity contribution in [3.05, 3.63) is 33.8 Å². The lowest BCUT2D eigenvalue weighted by Gasteiger charge is -2.38. The molecule has 9 nitrogen and oxygen atoms in total. The zero-order chi connectivity index (χ0) is 22.9. The quantitative estimate of drug-likeness (QED) is 0.486. The Morgan fingerprint density at radius 2 is 1.97 bits per heavy atom. The highest BCUT2D eigenvalue weighted by molar-refractivity contribution is 6.66. The summed E-state index contributed by atoms with van der Waals surface area (Å²) in [4.78, 5) is 49.8. The number of halogens is 2. The number of hydrogen-bond donors (Lipinski definition) is 3. The van der Waals surface area contributed by atoms with Crippen LogP contribution in [-0.2, 0) is 23.7 Å². The minimum absolute atomic E-state index is 0.0125. The molecule has 0 bridgehead atoms. The number of quaternary nitrogens is 1. The maximum Gasteiger partial charge on any atom is 0.604 e. The van der Waals surface area contributed by atoms with Gasteiger partial charge in [-0.1, -0.05) is 37.0 Å². The molecule has 0 saturated carbocycles. The van der Waals surface area contributed by atoms with Crippen molar-refractivity contribution >= 4 is 53.6 Å². The molecule has 31 heavy (non-hydrogen) atoms. The summed E-state index contributed by atoms with van der Waals surface area (Å²) in [6.45, 7) is 2.73. The van der Waals surface area contributed by atoms with E-state index in [1.807, 2.05) is 13.8 Å². The molecule has 12 heteroatoms. The Kier molecular flexibility index (Phi) is 6.83. The molecule has 168 valence electrons. The maximum atomic E-state index is 12.6. The first-order chi connectivity index (χ1) is 14.5. The molecule has 2 unspecified atom stereocenters. The van der Waals surface area contributed by atoms with Gasteiger partial charge in [0.05, 0.1) is 23.1 Å². The van der Waals surface area contributed by atoms with E-state index in [-0.39, 0.29) is 29.6 Å². The molecule has 2 saturated heterocycles. The van der Waals surface area contributed by atoms with Gasteiger partial charge in [0.15, 0.2) is 0 Å². The SMILES string of the molecule is CC(C)C[C@H](NC(=O)CNC(=O)c1cc(Cl)ccc1Cl)[B-]12OC(=O)C[NH+]1[C@@H](C)C(=O)O2. The van der Waals surface area contributed by atoms with Gasteiger partial charge in [-0.3, -0.25) is 14.4 Å². The summed E-state index contributed by atoms with van der Waals surface area (Å²) in [5, 5.41) is 5.81. The van der Waals surface area contributed by atoms with E-state index in [9.17, 15) is 19.2 Å². The smallest absolute Gasteiger partial charge is 0.599 e. The van der Waals surface area contributed by atoms with Crippen molar-refractivity contribution < 1.29 is 33.3 Å². The Balaban J connectivity index is 1.72. The molecule has 0 spiro atoms. The Morgan fingerprint density at radius 1 is 1.26 bits per heavy atom. The van der Waals surface area contributed by atoms with E-state index >= 15 is 0 Å². The predicted octanol–water partition coefficient (Wildman–Crippen LogP) is 0.119. The normalized spacial score (nSPS) is 25.6. The van der Waals surface area contributed by atoms with Crippen molar-refractivity contribution in [3.8, 4) is 0 Å². The molecule has 4 atom stereocenters. The largest absolute Gasteiger partial charge is 0.604 e. The van der Waals surface area contributed by atoms with Crippen molar-refractivity contribution in [2.75, 3.05) is 13.1 Å². The van der Waals surface area contributed by atoms with Gasteiger partial charge in [-0.05, 0) is 37.5 Å². The number of fused-ring (bicyclic) bond motifs is 1. The second-order valence-electron chi connectivity index (χ2n) is 8.28. The van der Waals surface area contributed by atoms with E-state index in [0.29, 0.717) is 16.3 Å². The second-order valence-corrected chi connectivity index (χ2v) is 9.12. The molecule has 2 heterocycles. The highest BCUT2D eigenvalue weighted by atomic mass is 35.5. The molecule has 2 aliphatic heterocycles. The predicted molar refractivity (Wildman–Crippen MR) is 113 cm³/mol. The van der Waals surface area contributed by atoms with Crippen LogP contribution in [0.4, 0.5) is 0 Å². The summed E-state index contributed by atoms with van der Waals surface area (Å²) >= 11 is 11.9. The van der Waals surface area contributed by atoms with E-state index in [1.54, 1.807) is 13.0 Å². The fourth-order valence-corrected chi connectivity index (χ4v) is 4.49. The van der Waals surface area contributed by atoms with Gasteiger partial charge in [-0.25, -0.2) is 4.79 Å². The third kappa shape index (κ3) is 4.81. The Bertz CT molecular complexity index is 930. The molecular formula is C19H24BCl2N3O6. The van der Waals surface area contributed by atoms with Gasteiger partial charge in [-0.2, -0.15) is 0 Å². The van der Waals surface area contributed by atoms with Crippen molar-refractivity contribution in [1.82, 2.24) is 10.6 Å². The lowest BCUT2D eigenvalue weighted by atomic mass is 9.59. The molecule has 3 N–H and O–H groups in total. The first-order valence-corrected chi connectivity index (χ1v) is 10.8. The number of benzene rings is 1. The van der Waals surface area contributed by atoms with Crippen LogP contribution in [-0.4, -0.2) is 55.5 Å². The van der Waals surface area contributed by atoms with Crippen LogP contribution in [0, 0.1) is 5.92 Å². The van der Waals surface area contributed by atoms with Crippen LogP contribution in [0.2, 0.25) is 10.0 Å². The number of carbonyl (C=O) groups excluding carboxylic acids is 4. The van der Waals surface area contributed by atoms with Crippen LogP contribution in [0.1, 0.15) is 37.6 Å². The fourth-order valence-electron chi connectivity index (χ4n) is 4.11. The average Bonchev–Trinajstić information content (AvgIpc) is 3.13. The topological polar surface area (TPSA) is 115 Å². The van der Waals surface area contributed by atoms with Gasteiger partial charge in [-0.15, -0.1) is 0 Å². The number of hydrogen-bond acceptors (Lipinski definition) is 6. The van der Waals surface area contributed by atoms with Gasteiger partial charge in [0.2, 0.25) is 5.91 Å². The molecule has 1 aromatic carbocycles. The van der Waals surface area contributed by atoms with Crippen LogP contribution in [0.15, 0.2) is 18.2 Å². The van der Waals surface area contributed by atoms with Crippen molar-refractivity contribution in [1.29, 1.82) is 0 Å². The second kappa shape index (κ2) is 9.06. The molecule has 0 aliphatic carbocycles. The van der Waals surface area contributed by atoms with Crippen LogP contribution in [0.3, 0.4) is 0 Å². The fraction of sp³-hybridized carbons (Fsp3) is 0.474. The standard InChI is InChI=1S/C19H24BCl2N3O6/c1-10(2)6-15(20-25(9-17(27)30-20)11(3)19(29)31-20)24-16(26)8-23-18(28)13-7-12(21)4-5-14(13)22/h4-5,7,10-11,15,25H,6,8-9H2,1-3H3,(H,23,28)(H,24,26)/t11-,15-,20?/m0/s1. The zero-order valence-corrected chi connectivity index (χ0v) is 18.9. The summed E-state index contributed by atoms with van der Waals surface area (Å²) in [6.07, 6.45) is 0.413. The molecule has 3 rings (SSSR count). The zero-order valence-electron chi connectivity index (χ0n) is 17.4. The van der Waals surface area contributed by atoms with Gasteiger partial charge in [0.25, 0.3) is 5.91 Å². The lowest BCUT2D eigenvalue weighted by Crippen LogP contribution is -3.24. The number of carbonyl (C=O) groups is 4. The third-order valence-electron chi connectivity index (χ3n) is 5.56. The lowest BCUT2D eigenvalue weighted by molar-refractivity contribution is -0.802. The van der Waals surface area contributed by atoms with Crippen LogP contribution < -0.4 is 15.4 Å². The van der Waals surface area contributed by atoms with Crippen LogP contribution >= 0.6 is 23.2 Å². The third-order valence-corrected chi connectivity index (χ3v) is 6.12. The minimum atomic E-state index is -2.44. The van der Waals surface area contributed by atoms with E-state index < -0.39 is 42.4 Å². The summed E-state index contributed by atoms with van der Waals surface area (Å²) in [5.74, 6) is -2.67. The number of nitrogens with one attached hydrogen (secondary N) is 3. The number of amides is 2. The minimum Gasteiger partial charge on any atom is -0.599 e. The van der Waals surface area contributed by atoms with Crippen molar-refractivity contribution in [3.63, 3.8) is 0 Å². The van der Waals surface area contributed by atoms with Gasteiger partial charge >= 0.3 is 18.6 Å². The van der Waals surface area contributed by atoms with E-state index in [1.165, 1.54) is 12.1 Å². The van der Waals surface area contributed by atoms with Crippen LogP contribution in [0.5, 0.6) is 0 Å². The Morgan fingerprint density at radius 3 is 2.65 bits per heavy atom. The summed E-state index contributed by atoms with van der Waals surface area (Å²) in [5.41, 5.74) is 0.141. The molecule has 2 aliphatic rings. The summed E-state index contributed by atoms with van der Waals surface area (Å²) in [6, 6.07) is 3.86. The summed E-state index contributed by atoms with van der Waals surface area (Å²) in [7, 11) is 0. The van der Waals surface area contributed by atoms with Gasteiger partial charge in [0, 0.05) is 5.02 Å². The summed E-state index contributed by atoms with van der Waals surface area (Å²) < 4.78 is 11.1. The first-order valence-electron chi connectivity index (χ1n) is 10.0. The molecule has 2 amide bonds. The molecule has 2 fully saturated rings. The average molecular weight is 472 g/mol. The highest BCUT2D eigenvalue weighted by Gasteiger charge is 2.66. The highest BCUT2D eigenvalue weighted by Crippen LogP contribution is 2.23.